The van der Waals surface area contributed by atoms with Gasteiger partial charge in [0.25, 0.3) is 0 Å². The van der Waals surface area contributed by atoms with Crippen molar-refractivity contribution in [2.75, 3.05) is 13.7 Å². The lowest BCUT2D eigenvalue weighted by atomic mass is 10.2. The SMILES string of the molecule is COC(CNS(=O)(=O)c1cc(C)ccc1C)c1ccsc1. The third kappa shape index (κ3) is 3.91. The van der Waals surface area contributed by atoms with E-state index in [0.29, 0.717) is 4.90 Å². The van der Waals surface area contributed by atoms with E-state index in [0.717, 1.165) is 16.7 Å². The van der Waals surface area contributed by atoms with Gasteiger partial charge in [-0.05, 0) is 53.4 Å². The van der Waals surface area contributed by atoms with Crippen LogP contribution in [0.3, 0.4) is 0 Å². The fraction of sp³-hybridized carbons (Fsp3) is 0.333. The van der Waals surface area contributed by atoms with E-state index in [1.54, 1.807) is 31.4 Å². The highest BCUT2D eigenvalue weighted by Crippen LogP contribution is 2.21. The Balaban J connectivity index is 2.16. The molecule has 21 heavy (non-hydrogen) atoms. The molecule has 114 valence electrons. The van der Waals surface area contributed by atoms with E-state index in [2.05, 4.69) is 4.72 Å². The molecule has 2 rings (SSSR count). The first-order valence-electron chi connectivity index (χ1n) is 6.56. The second-order valence-corrected chi connectivity index (χ2v) is 7.42. The minimum atomic E-state index is -3.54. The van der Waals surface area contributed by atoms with Crippen LogP contribution in [0, 0.1) is 13.8 Å². The normalized spacial score (nSPS) is 13.3. The summed E-state index contributed by atoms with van der Waals surface area (Å²) >= 11 is 1.56. The van der Waals surface area contributed by atoms with E-state index in [1.165, 1.54) is 0 Å². The summed E-state index contributed by atoms with van der Waals surface area (Å²) in [5.74, 6) is 0. The fourth-order valence-corrected chi connectivity index (χ4v) is 4.12. The van der Waals surface area contributed by atoms with Crippen LogP contribution in [0.1, 0.15) is 22.8 Å². The molecule has 0 aliphatic rings. The van der Waals surface area contributed by atoms with Crippen LogP contribution in [-0.2, 0) is 14.8 Å². The van der Waals surface area contributed by atoms with E-state index < -0.39 is 10.0 Å². The van der Waals surface area contributed by atoms with Crippen LogP contribution in [0.4, 0.5) is 0 Å². The van der Waals surface area contributed by atoms with Crippen LogP contribution in [-0.4, -0.2) is 22.1 Å². The molecular weight excluding hydrogens is 306 g/mol. The zero-order chi connectivity index (χ0) is 15.5. The van der Waals surface area contributed by atoms with Crippen molar-refractivity contribution in [2.24, 2.45) is 0 Å². The van der Waals surface area contributed by atoms with Crippen molar-refractivity contribution < 1.29 is 13.2 Å². The van der Waals surface area contributed by atoms with Crippen molar-refractivity contribution in [1.29, 1.82) is 0 Å². The predicted octanol–water partition coefficient (Wildman–Crippen LogP) is 3.03. The molecule has 1 N–H and O–H groups in total. The molecule has 1 aromatic carbocycles. The standard InChI is InChI=1S/C15H19NO3S2/c1-11-4-5-12(2)15(8-11)21(17,18)16-9-14(19-3)13-6-7-20-10-13/h4-8,10,14,16H,9H2,1-3H3. The highest BCUT2D eigenvalue weighted by molar-refractivity contribution is 7.89. The minimum absolute atomic E-state index is 0.211. The smallest absolute Gasteiger partial charge is 0.240 e. The number of hydrogen-bond acceptors (Lipinski definition) is 4. The minimum Gasteiger partial charge on any atom is -0.375 e. The first-order valence-corrected chi connectivity index (χ1v) is 8.98. The number of benzene rings is 1. The van der Waals surface area contributed by atoms with E-state index in [9.17, 15) is 8.42 Å². The number of ether oxygens (including phenoxy) is 1. The number of rotatable bonds is 6. The lowest BCUT2D eigenvalue weighted by Crippen LogP contribution is -2.29. The fourth-order valence-electron chi connectivity index (χ4n) is 2.06. The van der Waals surface area contributed by atoms with Crippen LogP contribution in [0.5, 0.6) is 0 Å². The molecule has 1 aromatic heterocycles. The third-order valence-corrected chi connectivity index (χ3v) is 5.56. The van der Waals surface area contributed by atoms with E-state index in [-0.39, 0.29) is 12.6 Å². The lowest BCUT2D eigenvalue weighted by Gasteiger charge is -2.16. The Bertz CT molecular complexity index is 694. The zero-order valence-electron chi connectivity index (χ0n) is 12.3. The van der Waals surface area contributed by atoms with Crippen molar-refractivity contribution >= 4 is 21.4 Å². The van der Waals surface area contributed by atoms with Gasteiger partial charge in [0.1, 0.15) is 0 Å². The average molecular weight is 325 g/mol. The quantitative estimate of drug-likeness (QED) is 0.888. The van der Waals surface area contributed by atoms with E-state index in [1.807, 2.05) is 35.9 Å². The van der Waals surface area contributed by atoms with Crippen LogP contribution < -0.4 is 4.72 Å². The summed E-state index contributed by atoms with van der Waals surface area (Å²) in [7, 11) is -1.96. The molecule has 2 aromatic rings. The molecule has 0 amide bonds. The molecule has 1 heterocycles. The number of thiophene rings is 1. The average Bonchev–Trinajstić information content (AvgIpc) is 2.96. The van der Waals surface area contributed by atoms with Crippen LogP contribution >= 0.6 is 11.3 Å². The highest BCUT2D eigenvalue weighted by Gasteiger charge is 2.20. The van der Waals surface area contributed by atoms with Crippen molar-refractivity contribution in [2.45, 2.75) is 24.8 Å². The molecule has 0 spiro atoms. The molecule has 1 atom stereocenters. The first-order chi connectivity index (χ1) is 9.94. The van der Waals surface area contributed by atoms with Gasteiger partial charge in [-0.2, -0.15) is 11.3 Å². The molecule has 0 saturated carbocycles. The largest absolute Gasteiger partial charge is 0.375 e. The molecule has 0 saturated heterocycles. The lowest BCUT2D eigenvalue weighted by molar-refractivity contribution is 0.107. The molecule has 0 aliphatic heterocycles. The van der Waals surface area contributed by atoms with E-state index >= 15 is 0 Å². The molecule has 6 heteroatoms. The summed E-state index contributed by atoms with van der Waals surface area (Å²) in [5.41, 5.74) is 2.63. The van der Waals surface area contributed by atoms with Crippen LogP contribution in [0.15, 0.2) is 39.9 Å². The maximum absolute atomic E-state index is 12.4. The number of methoxy groups -OCH3 is 1. The summed E-state index contributed by atoms with van der Waals surface area (Å²) in [6.45, 7) is 3.88. The highest BCUT2D eigenvalue weighted by atomic mass is 32.2. The van der Waals surface area contributed by atoms with Crippen LogP contribution in [0.2, 0.25) is 0 Å². The summed E-state index contributed by atoms with van der Waals surface area (Å²) in [6, 6.07) is 7.34. The van der Waals surface area contributed by atoms with Crippen molar-refractivity contribution in [3.8, 4) is 0 Å². The maximum atomic E-state index is 12.4. The van der Waals surface area contributed by atoms with Gasteiger partial charge in [-0.3, -0.25) is 0 Å². The maximum Gasteiger partial charge on any atom is 0.240 e. The van der Waals surface area contributed by atoms with Gasteiger partial charge in [-0.25, -0.2) is 13.1 Å². The predicted molar refractivity (Wildman–Crippen MR) is 85.2 cm³/mol. The van der Waals surface area contributed by atoms with Gasteiger partial charge in [-0.1, -0.05) is 12.1 Å². The molecular formula is C15H19NO3S2. The van der Waals surface area contributed by atoms with Gasteiger partial charge in [0, 0.05) is 13.7 Å². The van der Waals surface area contributed by atoms with Gasteiger partial charge in [-0.15, -0.1) is 0 Å². The number of aryl methyl sites for hydroxylation is 2. The Hall–Kier alpha value is -1.21. The first kappa shape index (κ1) is 16.2. The zero-order valence-corrected chi connectivity index (χ0v) is 13.9. The summed E-state index contributed by atoms with van der Waals surface area (Å²) in [5, 5.41) is 3.90. The third-order valence-electron chi connectivity index (χ3n) is 3.29. The van der Waals surface area contributed by atoms with Crippen molar-refractivity contribution in [3.05, 3.63) is 51.7 Å². The molecule has 1 unspecified atom stereocenters. The molecule has 4 nitrogen and oxygen atoms in total. The summed E-state index contributed by atoms with van der Waals surface area (Å²) < 4.78 is 32.9. The number of hydrogen-bond donors (Lipinski definition) is 1. The number of sulfonamides is 1. The van der Waals surface area contributed by atoms with Gasteiger partial charge in [0.05, 0.1) is 11.0 Å². The van der Waals surface area contributed by atoms with Gasteiger partial charge in [0.2, 0.25) is 10.0 Å². The monoisotopic (exact) mass is 325 g/mol. The van der Waals surface area contributed by atoms with Crippen molar-refractivity contribution in [3.63, 3.8) is 0 Å². The second kappa shape index (κ2) is 6.70. The van der Waals surface area contributed by atoms with E-state index in [4.69, 9.17) is 4.74 Å². The topological polar surface area (TPSA) is 55.4 Å². The summed E-state index contributed by atoms with van der Waals surface area (Å²) in [4.78, 5) is 0.322. The van der Waals surface area contributed by atoms with Gasteiger partial charge < -0.3 is 4.74 Å². The van der Waals surface area contributed by atoms with Gasteiger partial charge in [0.15, 0.2) is 0 Å². The Kier molecular flexibility index (Phi) is 5.16. The second-order valence-electron chi connectivity index (χ2n) is 4.90. The Labute approximate surface area is 129 Å². The molecule has 0 fully saturated rings. The number of nitrogens with one attached hydrogen (secondary N) is 1. The summed E-state index contributed by atoms with van der Waals surface area (Å²) in [6.07, 6.45) is -0.281. The molecule has 0 radical (unpaired) electrons. The Morgan fingerprint density at radius 1 is 1.29 bits per heavy atom. The van der Waals surface area contributed by atoms with Crippen LogP contribution in [0.25, 0.3) is 0 Å². The van der Waals surface area contributed by atoms with Crippen molar-refractivity contribution in [1.82, 2.24) is 4.72 Å². The Morgan fingerprint density at radius 2 is 2.05 bits per heavy atom. The molecule has 0 bridgehead atoms. The van der Waals surface area contributed by atoms with Gasteiger partial charge >= 0.3 is 0 Å². The molecule has 0 aliphatic carbocycles. The Morgan fingerprint density at radius 3 is 2.67 bits per heavy atom.